The zero-order valence-corrected chi connectivity index (χ0v) is 16.6. The van der Waals surface area contributed by atoms with Crippen LogP contribution in [0.2, 0.25) is 0 Å². The quantitative estimate of drug-likeness (QED) is 0.286. The first-order valence-corrected chi connectivity index (χ1v) is 6.99. The lowest BCUT2D eigenvalue weighted by Gasteiger charge is -2.23. The molecule has 0 rings (SSSR count). The van der Waals surface area contributed by atoms with Gasteiger partial charge < -0.3 is 20.7 Å². The van der Waals surface area contributed by atoms with Gasteiger partial charge in [-0.1, -0.05) is 0 Å². The van der Waals surface area contributed by atoms with E-state index >= 15 is 0 Å². The van der Waals surface area contributed by atoms with Crippen LogP contribution in [0.1, 0.15) is 48.0 Å². The molecule has 0 radical (unpaired) electrons. The van der Waals surface area contributed by atoms with Gasteiger partial charge in [0.2, 0.25) is 0 Å². The van der Waals surface area contributed by atoms with Crippen LogP contribution in [0.25, 0.3) is 0 Å². The fraction of sp³-hybridized carbons (Fsp3) is 0.857. The summed E-state index contributed by atoms with van der Waals surface area (Å²) in [5, 5.41) is 9.18. The summed E-state index contributed by atoms with van der Waals surface area (Å²) in [5.41, 5.74) is -0.488. The summed E-state index contributed by atoms with van der Waals surface area (Å²) >= 11 is 0. The molecule has 0 aromatic carbocycles. The first-order chi connectivity index (χ1) is 9.03. The van der Waals surface area contributed by atoms with E-state index in [0.717, 1.165) is 18.9 Å². The van der Waals surface area contributed by atoms with Crippen molar-refractivity contribution < 1.29 is 9.53 Å². The third kappa shape index (κ3) is 15.5. The maximum atomic E-state index is 11.4. The predicted octanol–water partition coefficient (Wildman–Crippen LogP) is 2.48. The van der Waals surface area contributed by atoms with Crippen LogP contribution in [0.3, 0.4) is 0 Å². The van der Waals surface area contributed by atoms with Crippen molar-refractivity contribution in [3.05, 3.63) is 0 Å². The number of nitrogens with one attached hydrogen (secondary N) is 3. The van der Waals surface area contributed by atoms with Gasteiger partial charge in [-0.05, 0) is 48.0 Å². The third-order valence-corrected chi connectivity index (χ3v) is 2.03. The average Bonchev–Trinajstić information content (AvgIpc) is 2.22. The van der Waals surface area contributed by atoms with E-state index in [9.17, 15) is 4.79 Å². The van der Waals surface area contributed by atoms with E-state index in [0.29, 0.717) is 6.54 Å². The summed E-state index contributed by atoms with van der Waals surface area (Å²) in [6.45, 7) is 13.0. The topological polar surface area (TPSA) is 74.8 Å². The van der Waals surface area contributed by atoms with Gasteiger partial charge in [-0.25, -0.2) is 4.79 Å². The largest absolute Gasteiger partial charge is 0.444 e. The van der Waals surface area contributed by atoms with Crippen LogP contribution in [0.4, 0.5) is 4.79 Å². The Morgan fingerprint density at radius 2 is 1.57 bits per heavy atom. The fourth-order valence-electron chi connectivity index (χ4n) is 1.33. The van der Waals surface area contributed by atoms with E-state index in [2.05, 4.69) is 41.7 Å². The van der Waals surface area contributed by atoms with Gasteiger partial charge >= 0.3 is 6.09 Å². The molecule has 0 aliphatic rings. The van der Waals surface area contributed by atoms with Crippen LogP contribution in [0.5, 0.6) is 0 Å². The van der Waals surface area contributed by atoms with Crippen molar-refractivity contribution in [2.45, 2.75) is 59.1 Å². The van der Waals surface area contributed by atoms with Crippen LogP contribution in [-0.4, -0.2) is 43.3 Å². The summed E-state index contributed by atoms with van der Waals surface area (Å²) in [7, 11) is 1.74. The van der Waals surface area contributed by atoms with Crippen LogP contribution >= 0.6 is 24.0 Å². The minimum Gasteiger partial charge on any atom is -0.444 e. The van der Waals surface area contributed by atoms with Gasteiger partial charge in [-0.2, -0.15) is 0 Å². The summed E-state index contributed by atoms with van der Waals surface area (Å²) in [6.07, 6.45) is 0.416. The van der Waals surface area contributed by atoms with Crippen LogP contribution in [0, 0.1) is 0 Å². The molecule has 0 aliphatic heterocycles. The van der Waals surface area contributed by atoms with Crippen molar-refractivity contribution in [1.82, 2.24) is 16.0 Å². The number of hydrogen-bond acceptors (Lipinski definition) is 3. The third-order valence-electron chi connectivity index (χ3n) is 2.03. The van der Waals surface area contributed by atoms with Crippen molar-refractivity contribution in [3.8, 4) is 0 Å². The molecule has 0 atom stereocenters. The Bertz CT molecular complexity index is 333. The number of alkyl carbamates (subject to hydrolysis) is 1. The van der Waals surface area contributed by atoms with Crippen molar-refractivity contribution in [2.24, 2.45) is 4.99 Å². The highest BCUT2D eigenvalue weighted by molar-refractivity contribution is 14.0. The molecular weight excluding hydrogens is 383 g/mol. The highest BCUT2D eigenvalue weighted by Gasteiger charge is 2.15. The highest BCUT2D eigenvalue weighted by atomic mass is 127. The monoisotopic (exact) mass is 414 g/mol. The standard InChI is InChI=1S/C14H30N4O2.HI/c1-13(2,3)18-11(15-7)16-9-8-10-17-12(19)20-14(4,5)6;/h8-10H2,1-7H3,(H,17,19)(H2,15,16,18);1H. The molecule has 1 amide bonds. The zero-order chi connectivity index (χ0) is 15.8. The van der Waals surface area contributed by atoms with Crippen LogP contribution in [0.15, 0.2) is 4.99 Å². The van der Waals surface area contributed by atoms with Crippen molar-refractivity contribution in [2.75, 3.05) is 20.1 Å². The second-order valence-electron chi connectivity index (χ2n) is 6.66. The first kappa shape index (κ1) is 22.5. The lowest BCUT2D eigenvalue weighted by Crippen LogP contribution is -2.48. The molecule has 0 saturated carbocycles. The lowest BCUT2D eigenvalue weighted by molar-refractivity contribution is 0.0527. The van der Waals surface area contributed by atoms with Crippen molar-refractivity contribution >= 4 is 36.0 Å². The Morgan fingerprint density at radius 1 is 1.05 bits per heavy atom. The summed E-state index contributed by atoms with van der Waals surface area (Å²) in [5.74, 6) is 0.759. The predicted molar refractivity (Wildman–Crippen MR) is 98.5 cm³/mol. The number of ether oxygens (including phenoxy) is 1. The number of hydrogen-bond donors (Lipinski definition) is 3. The summed E-state index contributed by atoms with van der Waals surface area (Å²) in [6, 6.07) is 0. The van der Waals surface area contributed by atoms with E-state index < -0.39 is 5.60 Å². The van der Waals surface area contributed by atoms with Gasteiger partial charge in [0, 0.05) is 25.7 Å². The SMILES string of the molecule is CN=C(NCCCNC(=O)OC(C)(C)C)NC(C)(C)C.I. The first-order valence-electron chi connectivity index (χ1n) is 6.99. The van der Waals surface area contributed by atoms with E-state index in [1.165, 1.54) is 0 Å². The molecule has 6 nitrogen and oxygen atoms in total. The van der Waals surface area contributed by atoms with Gasteiger partial charge in [0.15, 0.2) is 5.96 Å². The molecule has 3 N–H and O–H groups in total. The Morgan fingerprint density at radius 3 is 2.00 bits per heavy atom. The molecule has 0 heterocycles. The van der Waals surface area contributed by atoms with E-state index in [-0.39, 0.29) is 35.6 Å². The molecule has 0 bridgehead atoms. The van der Waals surface area contributed by atoms with E-state index in [4.69, 9.17) is 4.74 Å². The number of carbonyl (C=O) groups excluding carboxylic acids is 1. The molecule has 0 spiro atoms. The van der Waals surface area contributed by atoms with Crippen molar-refractivity contribution in [3.63, 3.8) is 0 Å². The number of halogens is 1. The number of rotatable bonds is 4. The maximum Gasteiger partial charge on any atom is 0.407 e. The van der Waals surface area contributed by atoms with E-state index in [1.807, 2.05) is 20.8 Å². The Kier molecular flexibility index (Phi) is 10.8. The number of guanidine groups is 1. The Labute approximate surface area is 145 Å². The highest BCUT2D eigenvalue weighted by Crippen LogP contribution is 2.06. The molecule has 0 saturated heterocycles. The molecular formula is C14H31IN4O2. The van der Waals surface area contributed by atoms with Crippen molar-refractivity contribution in [1.29, 1.82) is 0 Å². The minimum absolute atomic E-state index is 0. The number of amides is 1. The Balaban J connectivity index is 0. The molecule has 7 heteroatoms. The maximum absolute atomic E-state index is 11.4. The molecule has 0 aliphatic carbocycles. The van der Waals surface area contributed by atoms with Gasteiger partial charge in [-0.3, -0.25) is 4.99 Å². The van der Waals surface area contributed by atoms with Gasteiger partial charge in [0.25, 0.3) is 0 Å². The van der Waals surface area contributed by atoms with Crippen LogP contribution < -0.4 is 16.0 Å². The second kappa shape index (κ2) is 10.1. The summed E-state index contributed by atoms with van der Waals surface area (Å²) in [4.78, 5) is 15.5. The molecule has 21 heavy (non-hydrogen) atoms. The fourth-order valence-corrected chi connectivity index (χ4v) is 1.33. The van der Waals surface area contributed by atoms with Gasteiger partial charge in [0.05, 0.1) is 0 Å². The number of nitrogens with zero attached hydrogens (tertiary/aromatic N) is 1. The molecule has 0 fully saturated rings. The zero-order valence-electron chi connectivity index (χ0n) is 14.3. The average molecular weight is 414 g/mol. The normalized spacial score (nSPS) is 12.2. The van der Waals surface area contributed by atoms with E-state index in [1.54, 1.807) is 7.05 Å². The second-order valence-corrected chi connectivity index (χ2v) is 6.66. The Hall–Kier alpha value is -0.730. The van der Waals surface area contributed by atoms with Crippen LogP contribution in [-0.2, 0) is 4.74 Å². The molecule has 0 unspecified atom stereocenters. The molecule has 0 aromatic heterocycles. The smallest absolute Gasteiger partial charge is 0.407 e. The lowest BCUT2D eigenvalue weighted by atomic mass is 10.1. The minimum atomic E-state index is -0.457. The van der Waals surface area contributed by atoms with Gasteiger partial charge in [0.1, 0.15) is 5.60 Å². The molecule has 126 valence electrons. The summed E-state index contributed by atoms with van der Waals surface area (Å²) < 4.78 is 5.15. The van der Waals surface area contributed by atoms with Gasteiger partial charge in [-0.15, -0.1) is 24.0 Å². The number of carbonyl (C=O) groups is 1. The number of aliphatic imine (C=N–C) groups is 1. The molecule has 0 aromatic rings.